The van der Waals surface area contributed by atoms with E-state index in [0.717, 1.165) is 51.4 Å². The summed E-state index contributed by atoms with van der Waals surface area (Å²) in [6, 6.07) is 15.5. The van der Waals surface area contributed by atoms with Crippen LogP contribution in [-0.2, 0) is 6.54 Å². The first kappa shape index (κ1) is 20.4. The predicted octanol–water partition coefficient (Wildman–Crippen LogP) is 4.30. The Morgan fingerprint density at radius 1 is 0.929 bits per heavy atom. The number of nitrogens with zero attached hydrogens (tertiary/aromatic N) is 4. The van der Waals surface area contributed by atoms with E-state index in [1.54, 1.807) is 0 Å². The molecule has 0 spiro atoms. The molecule has 3 rings (SSSR count). The lowest BCUT2D eigenvalue weighted by Crippen LogP contribution is -2.43. The molecule has 1 fully saturated rings. The largest absolute Gasteiger partial charge is 0.372 e. The van der Waals surface area contributed by atoms with Crippen LogP contribution in [0.3, 0.4) is 0 Å². The molecule has 0 atom stereocenters. The monoisotopic (exact) mass is 378 g/mol. The number of anilines is 1. The van der Waals surface area contributed by atoms with E-state index in [1.165, 1.54) is 22.4 Å². The van der Waals surface area contributed by atoms with E-state index in [1.807, 2.05) is 6.21 Å². The van der Waals surface area contributed by atoms with Crippen LogP contribution in [0.4, 0.5) is 5.69 Å². The van der Waals surface area contributed by atoms with E-state index < -0.39 is 0 Å². The average Bonchev–Trinajstić information content (AvgIpc) is 2.71. The lowest BCUT2D eigenvalue weighted by molar-refractivity contribution is 0.131. The summed E-state index contributed by atoms with van der Waals surface area (Å²) >= 11 is 0. The summed E-state index contributed by atoms with van der Waals surface area (Å²) in [6.45, 7) is 16.0. The maximum atomic E-state index is 4.71. The van der Waals surface area contributed by atoms with Crippen molar-refractivity contribution in [1.82, 2.24) is 9.91 Å². The van der Waals surface area contributed by atoms with E-state index in [0.29, 0.717) is 0 Å². The van der Waals surface area contributed by atoms with Crippen molar-refractivity contribution in [2.75, 3.05) is 44.2 Å². The molecule has 4 heteroatoms. The van der Waals surface area contributed by atoms with Gasteiger partial charge in [0, 0.05) is 51.5 Å². The number of hydrazone groups is 1. The Bertz CT molecular complexity index is 770. The van der Waals surface area contributed by atoms with Gasteiger partial charge in [-0.2, -0.15) is 5.10 Å². The van der Waals surface area contributed by atoms with Gasteiger partial charge in [0.1, 0.15) is 0 Å². The normalized spacial score (nSPS) is 15.4. The molecule has 2 aromatic rings. The van der Waals surface area contributed by atoms with Gasteiger partial charge in [-0.25, -0.2) is 0 Å². The number of rotatable bonds is 7. The Balaban J connectivity index is 1.49. The summed E-state index contributed by atoms with van der Waals surface area (Å²) in [6.07, 6.45) is 1.99. The molecule has 0 N–H and O–H groups in total. The number of hydrogen-bond donors (Lipinski definition) is 0. The summed E-state index contributed by atoms with van der Waals surface area (Å²) < 4.78 is 0. The van der Waals surface area contributed by atoms with Gasteiger partial charge in [0.2, 0.25) is 0 Å². The quantitative estimate of drug-likeness (QED) is 0.671. The zero-order valence-electron chi connectivity index (χ0n) is 17.9. The third-order valence-electron chi connectivity index (χ3n) is 5.63. The highest BCUT2D eigenvalue weighted by molar-refractivity contribution is 5.80. The molecule has 0 amide bonds. The lowest BCUT2D eigenvalue weighted by Gasteiger charge is -2.33. The Morgan fingerprint density at radius 2 is 1.61 bits per heavy atom. The number of hydrogen-bond acceptors (Lipinski definition) is 4. The van der Waals surface area contributed by atoms with Crippen LogP contribution < -0.4 is 4.90 Å². The molecular weight excluding hydrogens is 344 g/mol. The fourth-order valence-electron chi connectivity index (χ4n) is 3.78. The molecular formula is C24H34N4. The minimum Gasteiger partial charge on any atom is -0.372 e. The fourth-order valence-corrected chi connectivity index (χ4v) is 3.78. The Hall–Kier alpha value is -2.33. The first-order chi connectivity index (χ1) is 13.6. The minimum atomic E-state index is 0.985. The summed E-state index contributed by atoms with van der Waals surface area (Å²) in [5.74, 6) is 0. The Morgan fingerprint density at radius 3 is 2.21 bits per heavy atom. The van der Waals surface area contributed by atoms with Gasteiger partial charge in [0.25, 0.3) is 0 Å². The van der Waals surface area contributed by atoms with E-state index >= 15 is 0 Å². The van der Waals surface area contributed by atoms with Crippen molar-refractivity contribution < 1.29 is 0 Å². The molecule has 0 bridgehead atoms. The van der Waals surface area contributed by atoms with E-state index in [9.17, 15) is 0 Å². The van der Waals surface area contributed by atoms with E-state index in [-0.39, 0.29) is 0 Å². The molecule has 150 valence electrons. The average molecular weight is 379 g/mol. The molecule has 0 saturated carbocycles. The summed E-state index contributed by atoms with van der Waals surface area (Å²) in [4.78, 5) is 4.89. The second-order valence-electron chi connectivity index (χ2n) is 7.67. The second-order valence-corrected chi connectivity index (χ2v) is 7.67. The van der Waals surface area contributed by atoms with Crippen LogP contribution >= 0.6 is 0 Å². The standard InChI is InChI=1S/C24H34N4/c1-5-27(6-2)24-11-8-22(9-12-24)18-25-28-15-13-26(14-16-28)19-23-10-7-20(3)17-21(23)4/h7-12,17-18H,5-6,13-16,19H2,1-4H3/b25-18+. The number of benzene rings is 2. The van der Waals surface area contributed by atoms with E-state index in [4.69, 9.17) is 5.10 Å². The zero-order valence-corrected chi connectivity index (χ0v) is 17.9. The van der Waals surface area contributed by atoms with Gasteiger partial charge >= 0.3 is 0 Å². The molecule has 4 nitrogen and oxygen atoms in total. The molecule has 1 heterocycles. The molecule has 1 aliphatic heterocycles. The van der Waals surface area contributed by atoms with E-state index in [2.05, 4.69) is 85.0 Å². The molecule has 1 saturated heterocycles. The SMILES string of the molecule is CCN(CC)c1ccc(/C=N/N2CCN(Cc3ccc(C)cc3C)CC2)cc1. The number of piperazine rings is 1. The van der Waals surface area contributed by atoms with Crippen molar-refractivity contribution >= 4 is 11.9 Å². The van der Waals surface area contributed by atoms with Gasteiger partial charge in [0.05, 0.1) is 6.21 Å². The van der Waals surface area contributed by atoms with Gasteiger partial charge in [-0.3, -0.25) is 9.91 Å². The third-order valence-corrected chi connectivity index (χ3v) is 5.63. The lowest BCUT2D eigenvalue weighted by atomic mass is 10.1. The highest BCUT2D eigenvalue weighted by atomic mass is 15.5. The van der Waals surface area contributed by atoms with Crippen LogP contribution in [0.1, 0.15) is 36.1 Å². The van der Waals surface area contributed by atoms with Gasteiger partial charge in [-0.1, -0.05) is 35.9 Å². The summed E-state index contributed by atoms with van der Waals surface area (Å²) in [5, 5.41) is 6.90. The molecule has 2 aromatic carbocycles. The van der Waals surface area contributed by atoms with Crippen molar-refractivity contribution in [2.24, 2.45) is 5.10 Å². The zero-order chi connectivity index (χ0) is 19.9. The summed E-state index contributed by atoms with van der Waals surface area (Å²) in [5.41, 5.74) is 6.62. The maximum absolute atomic E-state index is 4.71. The van der Waals surface area contributed by atoms with Crippen LogP contribution in [-0.4, -0.2) is 55.4 Å². The number of aryl methyl sites for hydroxylation is 2. The van der Waals surface area contributed by atoms with Crippen LogP contribution in [0.25, 0.3) is 0 Å². The highest BCUT2D eigenvalue weighted by Gasteiger charge is 2.16. The first-order valence-corrected chi connectivity index (χ1v) is 10.5. The van der Waals surface area contributed by atoms with Crippen LogP contribution in [0.15, 0.2) is 47.6 Å². The first-order valence-electron chi connectivity index (χ1n) is 10.5. The van der Waals surface area contributed by atoms with Gasteiger partial charge in [0.15, 0.2) is 0 Å². The predicted molar refractivity (Wildman–Crippen MR) is 120 cm³/mol. The van der Waals surface area contributed by atoms with Crippen molar-refractivity contribution in [3.63, 3.8) is 0 Å². The minimum absolute atomic E-state index is 0.985. The topological polar surface area (TPSA) is 22.1 Å². The molecule has 0 unspecified atom stereocenters. The molecule has 0 aliphatic carbocycles. The van der Waals surface area contributed by atoms with Crippen molar-refractivity contribution in [3.8, 4) is 0 Å². The van der Waals surface area contributed by atoms with Crippen molar-refractivity contribution in [3.05, 3.63) is 64.7 Å². The molecule has 0 aromatic heterocycles. The van der Waals surface area contributed by atoms with Crippen molar-refractivity contribution in [2.45, 2.75) is 34.2 Å². The Kier molecular flexibility index (Phi) is 7.10. The summed E-state index contributed by atoms with van der Waals surface area (Å²) in [7, 11) is 0. The maximum Gasteiger partial charge on any atom is 0.0542 e. The van der Waals surface area contributed by atoms with Gasteiger partial charge in [-0.05, 0) is 56.5 Å². The third kappa shape index (κ3) is 5.35. The van der Waals surface area contributed by atoms with Crippen LogP contribution in [0, 0.1) is 13.8 Å². The molecule has 1 aliphatic rings. The highest BCUT2D eigenvalue weighted by Crippen LogP contribution is 2.16. The Labute approximate surface area is 170 Å². The smallest absolute Gasteiger partial charge is 0.0542 e. The van der Waals surface area contributed by atoms with Crippen LogP contribution in [0.2, 0.25) is 0 Å². The fraction of sp³-hybridized carbons (Fsp3) is 0.458. The second kappa shape index (κ2) is 9.74. The van der Waals surface area contributed by atoms with Crippen molar-refractivity contribution in [1.29, 1.82) is 0 Å². The van der Waals surface area contributed by atoms with Gasteiger partial charge in [-0.15, -0.1) is 0 Å². The van der Waals surface area contributed by atoms with Gasteiger partial charge < -0.3 is 4.90 Å². The van der Waals surface area contributed by atoms with Crippen LogP contribution in [0.5, 0.6) is 0 Å². The molecule has 0 radical (unpaired) electrons. The molecule has 28 heavy (non-hydrogen) atoms.